The number of esters is 3. The molecule has 0 bridgehead atoms. The number of hydrogen-bond donors (Lipinski definition) is 0. The van der Waals surface area contributed by atoms with E-state index in [1.807, 2.05) is 0 Å². The van der Waals surface area contributed by atoms with Crippen LogP contribution in [0.1, 0.15) is 329 Å². The minimum Gasteiger partial charge on any atom is -0.462 e. The summed E-state index contributed by atoms with van der Waals surface area (Å²) in [6, 6.07) is 0. The van der Waals surface area contributed by atoms with Crippen LogP contribution in [-0.4, -0.2) is 37.2 Å². The lowest BCUT2D eigenvalue weighted by Gasteiger charge is -2.18. The fourth-order valence-electron chi connectivity index (χ4n) is 8.91. The van der Waals surface area contributed by atoms with Crippen molar-refractivity contribution in [3.63, 3.8) is 0 Å². The molecule has 0 aromatic carbocycles. The number of carbonyl (C=O) groups excluding carboxylic acids is 3. The molecule has 0 aromatic heterocycles. The van der Waals surface area contributed by atoms with Gasteiger partial charge in [0.1, 0.15) is 13.2 Å². The molecule has 0 heterocycles. The summed E-state index contributed by atoms with van der Waals surface area (Å²) in [6.45, 7) is 6.68. The van der Waals surface area contributed by atoms with E-state index < -0.39 is 6.10 Å². The Hall–Kier alpha value is -2.11. The third-order valence-corrected chi connectivity index (χ3v) is 13.4. The van der Waals surface area contributed by atoms with E-state index in [2.05, 4.69) is 45.1 Å². The molecule has 0 saturated heterocycles. The number of carbonyl (C=O) groups is 3. The maximum Gasteiger partial charge on any atom is 0.306 e. The van der Waals surface area contributed by atoms with E-state index in [1.54, 1.807) is 0 Å². The standard InChI is InChI=1S/C61H114O6/c1-4-7-10-13-16-19-22-25-28-31-34-36-39-42-45-48-51-54-60(63)66-57-58(67-61(64)55-52-49-46-43-40-37-33-30-27-24-21-18-15-12-9-6-3)56-65-59(62)53-50-47-44-41-38-35-32-29-26-23-20-17-14-11-8-5-2/h25,28,30,33,58H,4-24,26-27,29,31-32,34-57H2,1-3H3/b28-25-,33-30-/t58-/m1/s1. The molecule has 0 rings (SSSR count). The molecule has 0 aromatic rings. The van der Waals surface area contributed by atoms with Crippen LogP contribution < -0.4 is 0 Å². The number of ether oxygens (including phenoxy) is 3. The van der Waals surface area contributed by atoms with E-state index in [0.29, 0.717) is 19.3 Å². The molecule has 0 unspecified atom stereocenters. The van der Waals surface area contributed by atoms with Crippen LogP contribution in [0.15, 0.2) is 24.3 Å². The van der Waals surface area contributed by atoms with Crippen LogP contribution in [-0.2, 0) is 28.6 Å². The number of hydrogen-bond acceptors (Lipinski definition) is 6. The van der Waals surface area contributed by atoms with Gasteiger partial charge in [-0.1, -0.05) is 263 Å². The van der Waals surface area contributed by atoms with Crippen LogP contribution in [0.5, 0.6) is 0 Å². The maximum absolute atomic E-state index is 12.9. The molecule has 6 nitrogen and oxygen atoms in total. The van der Waals surface area contributed by atoms with Gasteiger partial charge >= 0.3 is 17.9 Å². The second kappa shape index (κ2) is 56.5. The molecule has 0 aliphatic carbocycles. The molecule has 67 heavy (non-hydrogen) atoms. The highest BCUT2D eigenvalue weighted by molar-refractivity contribution is 5.71. The summed E-state index contributed by atoms with van der Waals surface area (Å²) in [5, 5.41) is 0. The molecular formula is C61H114O6. The zero-order chi connectivity index (χ0) is 48.6. The minimum absolute atomic E-state index is 0.0713. The predicted octanol–water partition coefficient (Wildman–Crippen LogP) is 19.9. The van der Waals surface area contributed by atoms with Gasteiger partial charge in [0.2, 0.25) is 0 Å². The lowest BCUT2D eigenvalue weighted by atomic mass is 10.0. The third kappa shape index (κ3) is 54.7. The highest BCUT2D eigenvalue weighted by atomic mass is 16.6. The van der Waals surface area contributed by atoms with Crippen LogP contribution in [0.25, 0.3) is 0 Å². The fourth-order valence-corrected chi connectivity index (χ4v) is 8.91. The van der Waals surface area contributed by atoms with Crippen molar-refractivity contribution in [2.45, 2.75) is 335 Å². The predicted molar refractivity (Wildman–Crippen MR) is 289 cm³/mol. The minimum atomic E-state index is -0.774. The first-order valence-electron chi connectivity index (χ1n) is 29.8. The molecule has 0 saturated carbocycles. The molecular weight excluding hydrogens is 829 g/mol. The van der Waals surface area contributed by atoms with Crippen molar-refractivity contribution in [2.24, 2.45) is 0 Å². The highest BCUT2D eigenvalue weighted by Gasteiger charge is 2.19. The van der Waals surface area contributed by atoms with Crippen molar-refractivity contribution in [1.82, 2.24) is 0 Å². The SMILES string of the molecule is CCCCCCCC/C=C\CCCCCCCCCC(=O)OC[C@@H](COC(=O)CCCCCCCCCCCCCCCCCC)OC(=O)CCCCCCC/C=C\CCCCCCCCC. The monoisotopic (exact) mass is 943 g/mol. The smallest absolute Gasteiger partial charge is 0.306 e. The Morgan fingerprint density at radius 2 is 0.493 bits per heavy atom. The van der Waals surface area contributed by atoms with E-state index in [4.69, 9.17) is 14.2 Å². The molecule has 1 atom stereocenters. The van der Waals surface area contributed by atoms with Crippen LogP contribution in [0.3, 0.4) is 0 Å². The van der Waals surface area contributed by atoms with Crippen molar-refractivity contribution in [3.05, 3.63) is 24.3 Å². The second-order valence-corrected chi connectivity index (χ2v) is 20.3. The Morgan fingerprint density at radius 3 is 0.746 bits per heavy atom. The van der Waals surface area contributed by atoms with Crippen LogP contribution >= 0.6 is 0 Å². The van der Waals surface area contributed by atoms with Gasteiger partial charge in [-0.05, 0) is 70.6 Å². The maximum atomic E-state index is 12.9. The number of rotatable bonds is 55. The molecule has 0 radical (unpaired) electrons. The van der Waals surface area contributed by atoms with Crippen molar-refractivity contribution in [3.8, 4) is 0 Å². The summed E-state index contributed by atoms with van der Waals surface area (Å²) in [4.78, 5) is 38.2. The summed E-state index contributed by atoms with van der Waals surface area (Å²) < 4.78 is 16.9. The van der Waals surface area contributed by atoms with Gasteiger partial charge in [-0.2, -0.15) is 0 Å². The molecule has 6 heteroatoms. The van der Waals surface area contributed by atoms with Gasteiger partial charge in [0, 0.05) is 19.3 Å². The largest absolute Gasteiger partial charge is 0.462 e. The van der Waals surface area contributed by atoms with E-state index in [-0.39, 0.29) is 31.1 Å². The van der Waals surface area contributed by atoms with E-state index >= 15 is 0 Å². The van der Waals surface area contributed by atoms with Gasteiger partial charge in [0.05, 0.1) is 0 Å². The molecule has 0 aliphatic rings. The second-order valence-electron chi connectivity index (χ2n) is 20.3. The van der Waals surface area contributed by atoms with Crippen molar-refractivity contribution in [1.29, 1.82) is 0 Å². The quantitative estimate of drug-likeness (QED) is 0.0262. The lowest BCUT2D eigenvalue weighted by molar-refractivity contribution is -0.167. The van der Waals surface area contributed by atoms with Gasteiger partial charge in [0.15, 0.2) is 6.10 Å². The van der Waals surface area contributed by atoms with E-state index in [1.165, 1.54) is 225 Å². The fraction of sp³-hybridized carbons (Fsp3) is 0.885. The Kier molecular flexibility index (Phi) is 54.7. The summed E-state index contributed by atoms with van der Waals surface area (Å²) >= 11 is 0. The van der Waals surface area contributed by atoms with Crippen LogP contribution in [0.2, 0.25) is 0 Å². The zero-order valence-electron chi connectivity index (χ0n) is 45.2. The highest BCUT2D eigenvalue weighted by Crippen LogP contribution is 2.17. The van der Waals surface area contributed by atoms with Crippen molar-refractivity contribution in [2.75, 3.05) is 13.2 Å². The topological polar surface area (TPSA) is 78.9 Å². The Balaban J connectivity index is 4.34. The molecule has 0 fully saturated rings. The van der Waals surface area contributed by atoms with Gasteiger partial charge in [0.25, 0.3) is 0 Å². The van der Waals surface area contributed by atoms with Gasteiger partial charge in [-0.25, -0.2) is 0 Å². The first-order chi connectivity index (χ1) is 33.0. The molecule has 0 N–H and O–H groups in total. The van der Waals surface area contributed by atoms with Gasteiger partial charge < -0.3 is 14.2 Å². The van der Waals surface area contributed by atoms with E-state index in [9.17, 15) is 14.4 Å². The average Bonchev–Trinajstić information content (AvgIpc) is 3.33. The van der Waals surface area contributed by atoms with Crippen LogP contribution in [0, 0.1) is 0 Å². The average molecular weight is 944 g/mol. The Morgan fingerprint density at radius 1 is 0.284 bits per heavy atom. The Bertz CT molecular complexity index is 1080. The summed E-state index contributed by atoms with van der Waals surface area (Å²) in [6.07, 6.45) is 65.9. The van der Waals surface area contributed by atoms with E-state index in [0.717, 1.165) is 64.2 Å². The zero-order valence-corrected chi connectivity index (χ0v) is 45.2. The van der Waals surface area contributed by atoms with Crippen molar-refractivity contribution >= 4 is 17.9 Å². The molecule has 0 spiro atoms. The molecule has 394 valence electrons. The first-order valence-corrected chi connectivity index (χ1v) is 29.8. The lowest BCUT2D eigenvalue weighted by Crippen LogP contribution is -2.30. The summed E-state index contributed by atoms with van der Waals surface area (Å²) in [5.41, 5.74) is 0. The Labute approximate surface area is 417 Å². The van der Waals surface area contributed by atoms with Gasteiger partial charge in [-0.3, -0.25) is 14.4 Å². The summed E-state index contributed by atoms with van der Waals surface area (Å²) in [5.74, 6) is -0.862. The third-order valence-electron chi connectivity index (χ3n) is 13.4. The first kappa shape index (κ1) is 64.9. The summed E-state index contributed by atoms with van der Waals surface area (Å²) in [7, 11) is 0. The molecule has 0 aliphatic heterocycles. The van der Waals surface area contributed by atoms with Crippen molar-refractivity contribution < 1.29 is 28.6 Å². The number of unbranched alkanes of at least 4 members (excludes halogenated alkanes) is 40. The molecule has 0 amide bonds. The van der Waals surface area contributed by atoms with Crippen LogP contribution in [0.4, 0.5) is 0 Å². The number of allylic oxidation sites excluding steroid dienone is 4. The van der Waals surface area contributed by atoms with Gasteiger partial charge in [-0.15, -0.1) is 0 Å². The normalized spacial score (nSPS) is 12.1.